The van der Waals surface area contributed by atoms with Crippen LogP contribution in [0.15, 0.2) is 16.6 Å². The molecule has 1 rings (SSSR count). The number of anilines is 1. The third-order valence-electron chi connectivity index (χ3n) is 1.40. The molecule has 0 aliphatic heterocycles. The van der Waals surface area contributed by atoms with Crippen molar-refractivity contribution in [2.75, 3.05) is 5.73 Å². The van der Waals surface area contributed by atoms with Gasteiger partial charge in [0.1, 0.15) is 0 Å². The quantitative estimate of drug-likeness (QED) is 0.578. The van der Waals surface area contributed by atoms with Crippen LogP contribution in [0, 0.1) is 10.5 Å². The van der Waals surface area contributed by atoms with Crippen molar-refractivity contribution in [3.05, 3.63) is 25.7 Å². The van der Waals surface area contributed by atoms with Gasteiger partial charge >= 0.3 is 0 Å². The maximum absolute atomic E-state index is 5.75. The Labute approximate surface area is 82.3 Å². The molecule has 0 saturated carbocycles. The maximum atomic E-state index is 5.75. The molecule has 0 aliphatic rings. The molecule has 0 aromatic heterocycles. The molecule has 0 aliphatic carbocycles. The first-order valence-electron chi connectivity index (χ1n) is 2.83. The van der Waals surface area contributed by atoms with Gasteiger partial charge in [0, 0.05) is 13.7 Å². The van der Waals surface area contributed by atoms with E-state index in [0.717, 1.165) is 19.3 Å². The molecule has 2 N–H and O–H groups in total. The van der Waals surface area contributed by atoms with Gasteiger partial charge in [0.05, 0.1) is 0 Å². The van der Waals surface area contributed by atoms with Crippen molar-refractivity contribution in [2.45, 2.75) is 6.92 Å². The highest BCUT2D eigenvalue weighted by molar-refractivity contribution is 14.1. The van der Waals surface area contributed by atoms with Gasteiger partial charge in [-0.1, -0.05) is 15.9 Å². The van der Waals surface area contributed by atoms with Gasteiger partial charge in [-0.25, -0.2) is 0 Å². The van der Waals surface area contributed by atoms with E-state index >= 15 is 0 Å². The van der Waals surface area contributed by atoms with Gasteiger partial charge in [0.25, 0.3) is 0 Å². The summed E-state index contributed by atoms with van der Waals surface area (Å²) in [5.41, 5.74) is 7.73. The molecule has 0 fully saturated rings. The zero-order valence-corrected chi connectivity index (χ0v) is 9.23. The first-order chi connectivity index (χ1) is 4.63. The smallest absolute Gasteiger partial charge is 0.0490 e. The molecule has 0 saturated heterocycles. The van der Waals surface area contributed by atoms with Gasteiger partial charge in [-0.3, -0.25) is 0 Å². The van der Waals surface area contributed by atoms with Gasteiger partial charge in [-0.05, 0) is 47.2 Å². The van der Waals surface area contributed by atoms with E-state index < -0.39 is 0 Å². The summed E-state index contributed by atoms with van der Waals surface area (Å²) >= 11 is 5.62. The fraction of sp³-hybridized carbons (Fsp3) is 0.143. The van der Waals surface area contributed by atoms with Crippen molar-refractivity contribution >= 4 is 44.2 Å². The normalized spacial score (nSPS) is 9.90. The predicted molar refractivity (Wildman–Crippen MR) is 56.0 cm³/mol. The monoisotopic (exact) mass is 311 g/mol. The van der Waals surface area contributed by atoms with Crippen LogP contribution >= 0.6 is 38.5 Å². The Morgan fingerprint density at radius 1 is 1.50 bits per heavy atom. The fourth-order valence-corrected chi connectivity index (χ4v) is 1.60. The maximum Gasteiger partial charge on any atom is 0.0490 e. The van der Waals surface area contributed by atoms with Crippen molar-refractivity contribution in [3.63, 3.8) is 0 Å². The molecule has 0 atom stereocenters. The predicted octanol–water partition coefficient (Wildman–Crippen LogP) is 2.94. The Hall–Kier alpha value is 0.230. The highest BCUT2D eigenvalue weighted by atomic mass is 127. The Balaban J connectivity index is 3.34. The zero-order chi connectivity index (χ0) is 7.72. The number of nitrogen functional groups attached to an aromatic ring is 1. The minimum Gasteiger partial charge on any atom is -0.398 e. The molecule has 0 radical (unpaired) electrons. The fourth-order valence-electron chi connectivity index (χ4n) is 0.669. The van der Waals surface area contributed by atoms with E-state index in [-0.39, 0.29) is 0 Å². The largest absolute Gasteiger partial charge is 0.398 e. The topological polar surface area (TPSA) is 26.0 Å². The number of rotatable bonds is 0. The van der Waals surface area contributed by atoms with E-state index in [4.69, 9.17) is 5.73 Å². The zero-order valence-electron chi connectivity index (χ0n) is 5.49. The lowest BCUT2D eigenvalue weighted by molar-refractivity contribution is 1.41. The molecular formula is C7H7BrIN. The molecule has 0 unspecified atom stereocenters. The third-order valence-corrected chi connectivity index (χ3v) is 3.20. The van der Waals surface area contributed by atoms with E-state index in [1.807, 2.05) is 19.1 Å². The highest BCUT2D eigenvalue weighted by Gasteiger charge is 2.00. The van der Waals surface area contributed by atoms with Crippen LogP contribution in [0.1, 0.15) is 5.56 Å². The molecule has 0 bridgehead atoms. The van der Waals surface area contributed by atoms with Gasteiger partial charge in [0.2, 0.25) is 0 Å². The van der Waals surface area contributed by atoms with Crippen LogP contribution in [0.2, 0.25) is 0 Å². The Bertz CT molecular complexity index is 233. The van der Waals surface area contributed by atoms with Gasteiger partial charge in [-0.15, -0.1) is 0 Å². The average Bonchev–Trinajstić information content (AvgIpc) is 1.93. The summed E-state index contributed by atoms with van der Waals surface area (Å²) in [4.78, 5) is 0. The van der Waals surface area contributed by atoms with Crippen molar-refractivity contribution in [1.82, 2.24) is 0 Å². The lowest BCUT2D eigenvalue weighted by Gasteiger charge is -2.03. The molecular weight excluding hydrogens is 305 g/mol. The van der Waals surface area contributed by atoms with Crippen molar-refractivity contribution in [2.24, 2.45) is 0 Å². The summed E-state index contributed by atoms with van der Waals surface area (Å²) in [6.07, 6.45) is 0. The van der Waals surface area contributed by atoms with E-state index in [1.54, 1.807) is 0 Å². The summed E-state index contributed by atoms with van der Waals surface area (Å²) < 4.78 is 2.18. The second-order valence-corrected chi connectivity index (χ2v) is 4.08. The number of hydrogen-bond acceptors (Lipinski definition) is 1. The molecule has 54 valence electrons. The first kappa shape index (κ1) is 8.33. The van der Waals surface area contributed by atoms with Crippen molar-refractivity contribution in [1.29, 1.82) is 0 Å². The van der Waals surface area contributed by atoms with Gasteiger partial charge in [-0.2, -0.15) is 0 Å². The molecule has 10 heavy (non-hydrogen) atoms. The van der Waals surface area contributed by atoms with Gasteiger partial charge in [0.15, 0.2) is 0 Å². The van der Waals surface area contributed by atoms with Crippen LogP contribution < -0.4 is 5.73 Å². The van der Waals surface area contributed by atoms with Gasteiger partial charge < -0.3 is 5.73 Å². The first-order valence-corrected chi connectivity index (χ1v) is 4.70. The summed E-state index contributed by atoms with van der Waals surface area (Å²) in [7, 11) is 0. The van der Waals surface area contributed by atoms with Crippen molar-refractivity contribution in [3.8, 4) is 0 Å². The lowest BCUT2D eigenvalue weighted by atomic mass is 10.2. The molecule has 1 aromatic carbocycles. The third kappa shape index (κ3) is 1.45. The van der Waals surface area contributed by atoms with E-state index in [2.05, 4.69) is 38.5 Å². The second-order valence-electron chi connectivity index (χ2n) is 2.07. The Morgan fingerprint density at radius 3 is 2.60 bits per heavy atom. The van der Waals surface area contributed by atoms with Crippen LogP contribution in [0.5, 0.6) is 0 Å². The minimum atomic E-state index is 0.870. The standard InChI is InChI=1S/C7H7BrIN/c1-4-5(8)2-3-6(9)7(4)10/h2-3H,10H2,1H3. The summed E-state index contributed by atoms with van der Waals surface area (Å²) in [5.74, 6) is 0. The number of hydrogen-bond donors (Lipinski definition) is 1. The summed E-state index contributed by atoms with van der Waals surface area (Å²) in [6, 6.07) is 4.00. The molecule has 1 aromatic rings. The van der Waals surface area contributed by atoms with E-state index in [1.165, 1.54) is 0 Å². The van der Waals surface area contributed by atoms with Crippen LogP contribution in [0.25, 0.3) is 0 Å². The molecule has 0 amide bonds. The Morgan fingerprint density at radius 2 is 2.10 bits per heavy atom. The number of halogens is 2. The molecule has 3 heteroatoms. The Kier molecular flexibility index (Phi) is 2.57. The van der Waals surface area contributed by atoms with E-state index in [9.17, 15) is 0 Å². The summed E-state index contributed by atoms with van der Waals surface area (Å²) in [5, 5.41) is 0. The van der Waals surface area contributed by atoms with Crippen LogP contribution in [-0.4, -0.2) is 0 Å². The SMILES string of the molecule is Cc1c(Br)ccc(I)c1N. The second kappa shape index (κ2) is 3.09. The molecule has 0 spiro atoms. The summed E-state index contributed by atoms with van der Waals surface area (Å²) in [6.45, 7) is 2.00. The lowest BCUT2D eigenvalue weighted by Crippen LogP contribution is -1.93. The van der Waals surface area contributed by atoms with E-state index in [0.29, 0.717) is 0 Å². The molecule has 1 nitrogen and oxygen atoms in total. The number of nitrogens with two attached hydrogens (primary N) is 1. The van der Waals surface area contributed by atoms with Crippen LogP contribution in [0.4, 0.5) is 5.69 Å². The van der Waals surface area contributed by atoms with Crippen molar-refractivity contribution < 1.29 is 0 Å². The van der Waals surface area contributed by atoms with Crippen LogP contribution in [0.3, 0.4) is 0 Å². The minimum absolute atomic E-state index is 0.870. The highest BCUT2D eigenvalue weighted by Crippen LogP contribution is 2.25. The average molecular weight is 312 g/mol. The van der Waals surface area contributed by atoms with Crippen LogP contribution in [-0.2, 0) is 0 Å². The number of benzene rings is 1. The molecule has 0 heterocycles.